The lowest BCUT2D eigenvalue weighted by molar-refractivity contribution is -0.115. The van der Waals surface area contributed by atoms with E-state index in [-0.39, 0.29) is 17.2 Å². The van der Waals surface area contributed by atoms with Crippen molar-refractivity contribution >= 4 is 45.5 Å². The van der Waals surface area contributed by atoms with Gasteiger partial charge in [0.15, 0.2) is 11.5 Å². The summed E-state index contributed by atoms with van der Waals surface area (Å²) >= 11 is 9.73. The highest BCUT2D eigenvalue weighted by atomic mass is 79.9. The first-order valence-electron chi connectivity index (χ1n) is 8.40. The number of primary amides is 1. The van der Waals surface area contributed by atoms with Crippen molar-refractivity contribution < 1.29 is 19.1 Å². The van der Waals surface area contributed by atoms with Crippen molar-refractivity contribution in [2.75, 3.05) is 6.61 Å². The van der Waals surface area contributed by atoms with Crippen LogP contribution >= 0.6 is 27.5 Å². The van der Waals surface area contributed by atoms with Gasteiger partial charge in [-0.3, -0.25) is 10.1 Å². The number of halogens is 2. The van der Waals surface area contributed by atoms with Gasteiger partial charge in [-0.1, -0.05) is 39.7 Å². The van der Waals surface area contributed by atoms with Crippen LogP contribution in [0.1, 0.15) is 18.1 Å². The highest BCUT2D eigenvalue weighted by Crippen LogP contribution is 2.38. The number of hydrogen-bond donors (Lipinski definition) is 2. The molecule has 9 heteroatoms. The van der Waals surface area contributed by atoms with Gasteiger partial charge in [-0.15, -0.1) is 0 Å². The summed E-state index contributed by atoms with van der Waals surface area (Å²) in [7, 11) is 0. The Labute approximate surface area is 181 Å². The van der Waals surface area contributed by atoms with Crippen molar-refractivity contribution in [3.05, 3.63) is 62.6 Å². The molecule has 0 saturated heterocycles. The van der Waals surface area contributed by atoms with Crippen LogP contribution in [0.3, 0.4) is 0 Å². The average Bonchev–Trinajstić information content (AvgIpc) is 2.66. The molecule has 0 saturated carbocycles. The molecule has 7 nitrogen and oxygen atoms in total. The molecule has 0 radical (unpaired) electrons. The molecule has 0 atom stereocenters. The van der Waals surface area contributed by atoms with E-state index in [1.165, 1.54) is 12.1 Å². The number of nitrogens with two attached hydrogens (primary N) is 1. The maximum atomic E-state index is 11.8. The molecule has 2 aromatic carbocycles. The highest BCUT2D eigenvalue weighted by Gasteiger charge is 2.15. The van der Waals surface area contributed by atoms with Crippen LogP contribution in [-0.4, -0.2) is 18.5 Å². The van der Waals surface area contributed by atoms with Crippen LogP contribution in [0.15, 0.2) is 46.4 Å². The van der Waals surface area contributed by atoms with Crippen LogP contribution in [0.2, 0.25) is 5.02 Å². The van der Waals surface area contributed by atoms with Gasteiger partial charge < -0.3 is 15.2 Å². The molecular weight excluding hydrogens is 462 g/mol. The van der Waals surface area contributed by atoms with E-state index < -0.39 is 11.9 Å². The van der Waals surface area contributed by atoms with Crippen LogP contribution in [0.5, 0.6) is 11.5 Å². The first-order chi connectivity index (χ1) is 13.8. The highest BCUT2D eigenvalue weighted by molar-refractivity contribution is 9.10. The summed E-state index contributed by atoms with van der Waals surface area (Å²) in [5.41, 5.74) is 5.95. The maximum absolute atomic E-state index is 11.8. The Kier molecular flexibility index (Phi) is 8.07. The summed E-state index contributed by atoms with van der Waals surface area (Å²) in [6, 6.07) is 11.4. The largest absolute Gasteiger partial charge is 0.490 e. The van der Waals surface area contributed by atoms with E-state index in [9.17, 15) is 14.9 Å². The first kappa shape index (κ1) is 22.3. The average molecular weight is 479 g/mol. The Balaban J connectivity index is 2.32. The monoisotopic (exact) mass is 477 g/mol. The molecule has 2 aromatic rings. The Hall–Kier alpha value is -3.02. The molecule has 29 heavy (non-hydrogen) atoms. The molecule has 0 spiro atoms. The Morgan fingerprint density at radius 2 is 1.97 bits per heavy atom. The smallest absolute Gasteiger partial charge is 0.319 e. The molecular formula is C20H17BrClN3O4. The molecule has 3 amide bonds. The number of ether oxygens (including phenoxy) is 2. The minimum Gasteiger partial charge on any atom is -0.490 e. The van der Waals surface area contributed by atoms with Crippen LogP contribution in [0, 0.1) is 11.3 Å². The Morgan fingerprint density at radius 3 is 2.55 bits per heavy atom. The molecule has 0 fully saturated rings. The molecule has 0 bridgehead atoms. The summed E-state index contributed by atoms with van der Waals surface area (Å²) in [5.74, 6) is -0.214. The third kappa shape index (κ3) is 6.52. The topological polar surface area (TPSA) is 114 Å². The number of hydrogen-bond acceptors (Lipinski definition) is 5. The Morgan fingerprint density at radius 1 is 1.28 bits per heavy atom. The van der Waals surface area contributed by atoms with Crippen LogP contribution in [-0.2, 0) is 11.4 Å². The van der Waals surface area contributed by atoms with Crippen molar-refractivity contribution in [1.29, 1.82) is 5.26 Å². The zero-order chi connectivity index (χ0) is 21.4. The van der Waals surface area contributed by atoms with Crippen LogP contribution < -0.4 is 20.5 Å². The second-order valence-corrected chi connectivity index (χ2v) is 6.99. The molecule has 0 unspecified atom stereocenters. The van der Waals surface area contributed by atoms with Crippen molar-refractivity contribution in [1.82, 2.24) is 5.32 Å². The molecule has 0 aromatic heterocycles. The molecule has 150 valence electrons. The third-order valence-electron chi connectivity index (χ3n) is 3.54. The zero-order valence-corrected chi connectivity index (χ0v) is 17.7. The zero-order valence-electron chi connectivity index (χ0n) is 15.4. The summed E-state index contributed by atoms with van der Waals surface area (Å²) in [6.07, 6.45) is 1.27. The van der Waals surface area contributed by atoms with Gasteiger partial charge in [0.2, 0.25) is 0 Å². The standard InChI is InChI=1S/C20H17BrClN3O4/c1-2-28-17-9-13(7-14(10-23)19(26)25-20(24)27)8-16(22)18(17)29-11-12-3-5-15(21)6-4-12/h3-9H,2,11H2,1H3,(H3,24,25,26,27)/b14-7-. The minimum absolute atomic E-state index is 0.243. The first-order valence-corrected chi connectivity index (χ1v) is 9.57. The second-order valence-electron chi connectivity index (χ2n) is 5.67. The number of carbonyl (C=O) groups excluding carboxylic acids is 2. The SMILES string of the molecule is CCOc1cc(/C=C(/C#N)C(=O)NC(N)=O)cc(Cl)c1OCc1ccc(Br)cc1. The summed E-state index contributed by atoms with van der Waals surface area (Å²) in [4.78, 5) is 22.7. The number of carbonyl (C=O) groups is 2. The number of nitrogens with zero attached hydrogens (tertiary/aromatic N) is 1. The fourth-order valence-electron chi connectivity index (χ4n) is 2.30. The lowest BCUT2D eigenvalue weighted by atomic mass is 10.1. The van der Waals surface area contributed by atoms with E-state index in [4.69, 9.17) is 26.8 Å². The Bertz CT molecular complexity index is 984. The van der Waals surface area contributed by atoms with E-state index in [0.29, 0.717) is 23.7 Å². The van der Waals surface area contributed by atoms with Gasteiger partial charge in [0.1, 0.15) is 18.2 Å². The molecule has 3 N–H and O–H groups in total. The van der Waals surface area contributed by atoms with E-state index >= 15 is 0 Å². The fraction of sp³-hybridized carbons (Fsp3) is 0.150. The molecule has 0 heterocycles. The van der Waals surface area contributed by atoms with Gasteiger partial charge in [-0.25, -0.2) is 4.79 Å². The van der Waals surface area contributed by atoms with E-state index in [2.05, 4.69) is 15.9 Å². The van der Waals surface area contributed by atoms with E-state index in [1.54, 1.807) is 19.1 Å². The predicted octanol–water partition coefficient (Wildman–Crippen LogP) is 4.18. The molecule has 0 aliphatic carbocycles. The van der Waals surface area contributed by atoms with Gasteiger partial charge in [-0.2, -0.15) is 5.26 Å². The van der Waals surface area contributed by atoms with Crippen molar-refractivity contribution in [3.63, 3.8) is 0 Å². The second kappa shape index (κ2) is 10.5. The number of imide groups is 1. The minimum atomic E-state index is -1.05. The van der Waals surface area contributed by atoms with E-state index in [0.717, 1.165) is 10.0 Å². The number of nitrogens with one attached hydrogen (secondary N) is 1. The fourth-order valence-corrected chi connectivity index (χ4v) is 2.84. The number of amides is 3. The van der Waals surface area contributed by atoms with Crippen LogP contribution in [0.4, 0.5) is 4.79 Å². The molecule has 2 rings (SSSR count). The van der Waals surface area contributed by atoms with Gasteiger partial charge in [0, 0.05) is 4.47 Å². The van der Waals surface area contributed by atoms with Crippen molar-refractivity contribution in [3.8, 4) is 17.6 Å². The normalized spacial score (nSPS) is 10.8. The maximum Gasteiger partial charge on any atom is 0.319 e. The van der Waals surface area contributed by atoms with Crippen molar-refractivity contribution in [2.45, 2.75) is 13.5 Å². The lowest BCUT2D eigenvalue weighted by Gasteiger charge is -2.15. The number of benzene rings is 2. The predicted molar refractivity (Wildman–Crippen MR) is 112 cm³/mol. The van der Waals surface area contributed by atoms with Crippen molar-refractivity contribution in [2.24, 2.45) is 5.73 Å². The third-order valence-corrected chi connectivity index (χ3v) is 4.35. The molecule has 0 aliphatic heterocycles. The van der Waals surface area contributed by atoms with Gasteiger partial charge >= 0.3 is 6.03 Å². The number of rotatable bonds is 7. The summed E-state index contributed by atoms with van der Waals surface area (Å²) in [6.45, 7) is 2.42. The van der Waals surface area contributed by atoms with Gasteiger partial charge in [0.05, 0.1) is 11.6 Å². The quantitative estimate of drug-likeness (QED) is 0.457. The molecule has 0 aliphatic rings. The van der Waals surface area contributed by atoms with Crippen LogP contribution in [0.25, 0.3) is 6.08 Å². The van der Waals surface area contributed by atoms with E-state index in [1.807, 2.05) is 29.6 Å². The van der Waals surface area contributed by atoms with Gasteiger partial charge in [0.25, 0.3) is 5.91 Å². The number of urea groups is 1. The van der Waals surface area contributed by atoms with Gasteiger partial charge in [-0.05, 0) is 48.4 Å². The summed E-state index contributed by atoms with van der Waals surface area (Å²) in [5, 5.41) is 11.3. The summed E-state index contributed by atoms with van der Waals surface area (Å²) < 4.78 is 12.4. The number of nitriles is 1. The lowest BCUT2D eigenvalue weighted by Crippen LogP contribution is -2.35.